The zero-order chi connectivity index (χ0) is 18.1. The Morgan fingerprint density at radius 2 is 1.79 bits per heavy atom. The standard InChI is InChI=1S/C17H19N3O4/c1-11(21)5-3-4-6-13-7-9-14(10-8-13)16(22)19-15(12(2)18)17(23)20-24/h7-12,15,21,24H,18H2,1-2H3,(H,19,22)(H,20,23)/t11-,12-,15-/m0/s1. The highest BCUT2D eigenvalue weighted by molar-refractivity contribution is 5.97. The van der Waals surface area contributed by atoms with E-state index in [1.807, 2.05) is 0 Å². The number of nitrogens with two attached hydrogens (primary N) is 1. The van der Waals surface area contributed by atoms with Crippen LogP contribution in [-0.4, -0.2) is 40.3 Å². The molecule has 0 saturated heterocycles. The summed E-state index contributed by atoms with van der Waals surface area (Å²) in [6.07, 6.45) is -0.737. The Bertz CT molecular complexity index is 703. The van der Waals surface area contributed by atoms with Crippen LogP contribution in [0, 0.1) is 23.7 Å². The molecular formula is C17H19N3O4. The molecule has 3 atom stereocenters. The molecule has 0 radical (unpaired) electrons. The van der Waals surface area contributed by atoms with Gasteiger partial charge in [-0.3, -0.25) is 14.8 Å². The van der Waals surface area contributed by atoms with Gasteiger partial charge in [0.15, 0.2) is 0 Å². The first-order chi connectivity index (χ1) is 11.3. The van der Waals surface area contributed by atoms with Gasteiger partial charge in [0, 0.05) is 17.2 Å². The molecule has 0 bridgehead atoms. The van der Waals surface area contributed by atoms with Crippen molar-refractivity contribution in [1.29, 1.82) is 0 Å². The van der Waals surface area contributed by atoms with Gasteiger partial charge >= 0.3 is 0 Å². The minimum absolute atomic E-state index is 0.312. The van der Waals surface area contributed by atoms with Crippen molar-refractivity contribution in [3.8, 4) is 23.7 Å². The van der Waals surface area contributed by atoms with Crippen LogP contribution >= 0.6 is 0 Å². The number of benzene rings is 1. The van der Waals surface area contributed by atoms with E-state index in [4.69, 9.17) is 16.0 Å². The first-order valence-corrected chi connectivity index (χ1v) is 7.15. The maximum Gasteiger partial charge on any atom is 0.267 e. The predicted molar refractivity (Wildman–Crippen MR) is 87.6 cm³/mol. The molecule has 7 heteroatoms. The number of carbonyl (C=O) groups is 2. The number of hydroxylamine groups is 1. The molecule has 0 fully saturated rings. The van der Waals surface area contributed by atoms with Crippen LogP contribution in [0.1, 0.15) is 29.8 Å². The highest BCUT2D eigenvalue weighted by atomic mass is 16.5. The van der Waals surface area contributed by atoms with E-state index in [9.17, 15) is 9.59 Å². The van der Waals surface area contributed by atoms with Gasteiger partial charge in [0.05, 0.1) is 0 Å². The van der Waals surface area contributed by atoms with Crippen molar-refractivity contribution in [2.75, 3.05) is 0 Å². The quantitative estimate of drug-likeness (QED) is 0.286. The van der Waals surface area contributed by atoms with E-state index in [-0.39, 0.29) is 0 Å². The third-order valence-electron chi connectivity index (χ3n) is 2.90. The molecule has 0 aliphatic rings. The molecule has 126 valence electrons. The average molecular weight is 329 g/mol. The Kier molecular flexibility index (Phi) is 7.47. The summed E-state index contributed by atoms with van der Waals surface area (Å²) >= 11 is 0. The van der Waals surface area contributed by atoms with Crippen molar-refractivity contribution >= 4 is 11.8 Å². The second kappa shape index (κ2) is 9.33. The molecule has 0 saturated carbocycles. The fourth-order valence-corrected chi connectivity index (χ4v) is 1.68. The van der Waals surface area contributed by atoms with E-state index in [2.05, 4.69) is 29.0 Å². The van der Waals surface area contributed by atoms with E-state index in [0.717, 1.165) is 0 Å². The van der Waals surface area contributed by atoms with Crippen molar-refractivity contribution < 1.29 is 19.9 Å². The maximum atomic E-state index is 12.1. The van der Waals surface area contributed by atoms with Crippen molar-refractivity contribution in [1.82, 2.24) is 10.8 Å². The highest BCUT2D eigenvalue weighted by Gasteiger charge is 2.24. The number of hydrogen-bond donors (Lipinski definition) is 5. The lowest BCUT2D eigenvalue weighted by molar-refractivity contribution is -0.131. The van der Waals surface area contributed by atoms with Crippen LogP contribution in [0.15, 0.2) is 24.3 Å². The summed E-state index contributed by atoms with van der Waals surface area (Å²) < 4.78 is 0. The lowest BCUT2D eigenvalue weighted by Crippen LogP contribution is -2.54. The summed E-state index contributed by atoms with van der Waals surface area (Å²) in [5.74, 6) is 9.05. The number of aliphatic hydroxyl groups is 1. The molecule has 0 aliphatic heterocycles. The molecule has 2 amide bonds. The number of nitrogens with one attached hydrogen (secondary N) is 2. The van der Waals surface area contributed by atoms with Gasteiger partial charge in [-0.05, 0) is 50.0 Å². The van der Waals surface area contributed by atoms with Crippen LogP contribution in [0.5, 0.6) is 0 Å². The molecule has 1 aromatic carbocycles. The average Bonchev–Trinajstić information content (AvgIpc) is 2.55. The van der Waals surface area contributed by atoms with E-state index in [0.29, 0.717) is 11.1 Å². The largest absolute Gasteiger partial charge is 0.381 e. The fourth-order valence-electron chi connectivity index (χ4n) is 1.68. The second-order valence-corrected chi connectivity index (χ2v) is 5.06. The molecule has 7 nitrogen and oxygen atoms in total. The summed E-state index contributed by atoms with van der Waals surface area (Å²) in [5, 5.41) is 20.1. The summed E-state index contributed by atoms with van der Waals surface area (Å²) in [7, 11) is 0. The second-order valence-electron chi connectivity index (χ2n) is 5.06. The van der Waals surface area contributed by atoms with Gasteiger partial charge in [-0.2, -0.15) is 0 Å². The normalized spacial score (nSPS) is 13.2. The Balaban J connectivity index is 2.80. The molecule has 6 N–H and O–H groups in total. The summed E-state index contributed by atoms with van der Waals surface area (Å²) in [4.78, 5) is 23.6. The van der Waals surface area contributed by atoms with Crippen molar-refractivity contribution in [3.63, 3.8) is 0 Å². The molecule has 0 heterocycles. The maximum absolute atomic E-state index is 12.1. The number of amides is 2. The first-order valence-electron chi connectivity index (χ1n) is 7.15. The van der Waals surface area contributed by atoms with Gasteiger partial charge in [0.1, 0.15) is 12.1 Å². The lowest BCUT2D eigenvalue weighted by Gasteiger charge is -2.19. The number of rotatable bonds is 4. The Morgan fingerprint density at radius 3 is 2.29 bits per heavy atom. The number of carbonyl (C=O) groups excluding carboxylic acids is 2. The van der Waals surface area contributed by atoms with Gasteiger partial charge in [0.2, 0.25) is 0 Å². The van der Waals surface area contributed by atoms with Gasteiger partial charge in [-0.1, -0.05) is 11.8 Å². The van der Waals surface area contributed by atoms with Crippen LogP contribution in [0.2, 0.25) is 0 Å². The Labute approximate surface area is 140 Å². The van der Waals surface area contributed by atoms with Crippen molar-refractivity contribution in [2.45, 2.75) is 32.0 Å². The van der Waals surface area contributed by atoms with E-state index >= 15 is 0 Å². The van der Waals surface area contributed by atoms with Crippen LogP contribution in [-0.2, 0) is 4.79 Å². The van der Waals surface area contributed by atoms with Crippen LogP contribution in [0.3, 0.4) is 0 Å². The minimum atomic E-state index is -1.06. The third-order valence-corrected chi connectivity index (χ3v) is 2.90. The molecule has 0 aromatic heterocycles. The molecule has 24 heavy (non-hydrogen) atoms. The van der Waals surface area contributed by atoms with Gasteiger partial charge in [0.25, 0.3) is 11.8 Å². The Morgan fingerprint density at radius 1 is 1.17 bits per heavy atom. The van der Waals surface area contributed by atoms with Crippen LogP contribution < -0.4 is 16.5 Å². The minimum Gasteiger partial charge on any atom is -0.381 e. The third kappa shape index (κ3) is 6.11. The summed E-state index contributed by atoms with van der Waals surface area (Å²) in [6, 6.07) is 4.59. The number of aliphatic hydroxyl groups excluding tert-OH is 1. The molecule has 1 aromatic rings. The van der Waals surface area contributed by atoms with E-state index < -0.39 is 30.0 Å². The molecular weight excluding hydrogens is 310 g/mol. The smallest absolute Gasteiger partial charge is 0.267 e. The van der Waals surface area contributed by atoms with Crippen molar-refractivity contribution in [2.24, 2.45) is 5.73 Å². The molecule has 0 spiro atoms. The van der Waals surface area contributed by atoms with Gasteiger partial charge in [-0.15, -0.1) is 0 Å². The molecule has 0 unspecified atom stereocenters. The predicted octanol–water partition coefficient (Wildman–Crippen LogP) is -0.627. The van der Waals surface area contributed by atoms with Crippen molar-refractivity contribution in [3.05, 3.63) is 35.4 Å². The monoisotopic (exact) mass is 329 g/mol. The fraction of sp³-hybridized carbons (Fsp3) is 0.294. The zero-order valence-corrected chi connectivity index (χ0v) is 13.3. The lowest BCUT2D eigenvalue weighted by atomic mass is 10.1. The summed E-state index contributed by atoms with van der Waals surface area (Å²) in [5.41, 5.74) is 8.04. The van der Waals surface area contributed by atoms with E-state index in [1.54, 1.807) is 12.1 Å². The van der Waals surface area contributed by atoms with Gasteiger partial charge < -0.3 is 16.2 Å². The zero-order valence-electron chi connectivity index (χ0n) is 13.3. The van der Waals surface area contributed by atoms with Crippen LogP contribution in [0.4, 0.5) is 0 Å². The SMILES string of the molecule is C[C@H](O)C#CC#Cc1ccc(C(=O)N[C@H](C(=O)NO)[C@H](C)N)cc1. The number of hydrogen-bond acceptors (Lipinski definition) is 5. The van der Waals surface area contributed by atoms with Gasteiger partial charge in [-0.25, -0.2) is 5.48 Å². The molecule has 1 rings (SSSR count). The highest BCUT2D eigenvalue weighted by Crippen LogP contribution is 2.04. The first kappa shape index (κ1) is 19.2. The van der Waals surface area contributed by atoms with Crippen LogP contribution in [0.25, 0.3) is 0 Å². The Hall–Kier alpha value is -2.84. The topological polar surface area (TPSA) is 125 Å². The van der Waals surface area contributed by atoms with E-state index in [1.165, 1.54) is 31.5 Å². The summed E-state index contributed by atoms with van der Waals surface area (Å²) in [6.45, 7) is 3.07. The molecule has 0 aliphatic carbocycles.